The molecule has 1 heterocycles. The van der Waals surface area contributed by atoms with Gasteiger partial charge in [0, 0.05) is 25.7 Å². The molecule has 3 rings (SSSR count). The predicted octanol–water partition coefficient (Wildman–Crippen LogP) is 4.34. The van der Waals surface area contributed by atoms with E-state index in [0.29, 0.717) is 24.4 Å². The lowest BCUT2D eigenvalue weighted by atomic mass is 10.1. The number of hydrogen-bond acceptors (Lipinski definition) is 5. The van der Waals surface area contributed by atoms with Crippen LogP contribution in [0, 0.1) is 6.92 Å². The van der Waals surface area contributed by atoms with Crippen LogP contribution < -0.4 is 4.90 Å². The van der Waals surface area contributed by atoms with E-state index in [1.54, 1.807) is 11.0 Å². The molecular formula is C26H28N2O5. The molecule has 33 heavy (non-hydrogen) atoms. The van der Waals surface area contributed by atoms with E-state index in [-0.39, 0.29) is 31.6 Å². The van der Waals surface area contributed by atoms with Crippen LogP contribution in [0.5, 0.6) is 0 Å². The Kier molecular flexibility index (Phi) is 8.13. The Labute approximate surface area is 193 Å². The zero-order valence-corrected chi connectivity index (χ0v) is 18.8. The average Bonchev–Trinajstić information content (AvgIpc) is 3.13. The Morgan fingerprint density at radius 3 is 2.33 bits per heavy atom. The number of hydroxylamine groups is 2. The fraction of sp³-hybridized carbons (Fsp3) is 0.308. The third-order valence-electron chi connectivity index (χ3n) is 5.56. The number of aryl methyl sites for hydroxylation is 1. The summed E-state index contributed by atoms with van der Waals surface area (Å²) < 4.78 is 0. The van der Waals surface area contributed by atoms with E-state index in [9.17, 15) is 19.2 Å². The van der Waals surface area contributed by atoms with E-state index in [1.165, 1.54) is 0 Å². The van der Waals surface area contributed by atoms with Crippen LogP contribution in [-0.2, 0) is 30.6 Å². The molecule has 0 aliphatic carbocycles. The SMILES string of the molecule is C=Cc1ccccc1N(Cc1ccccc1C)C(=O)CCCCC(=O)ON1C(=O)CCC1=O. The Balaban J connectivity index is 1.61. The minimum atomic E-state index is -0.653. The van der Waals surface area contributed by atoms with Crippen LogP contribution in [-0.4, -0.2) is 28.8 Å². The quantitative estimate of drug-likeness (QED) is 0.399. The van der Waals surface area contributed by atoms with Gasteiger partial charge in [-0.2, -0.15) is 0 Å². The highest BCUT2D eigenvalue weighted by Crippen LogP contribution is 2.26. The highest BCUT2D eigenvalue weighted by molar-refractivity contribution is 6.01. The van der Waals surface area contributed by atoms with Crippen molar-refractivity contribution in [2.75, 3.05) is 4.90 Å². The molecule has 7 heteroatoms. The van der Waals surface area contributed by atoms with Gasteiger partial charge in [-0.1, -0.05) is 55.1 Å². The van der Waals surface area contributed by atoms with Gasteiger partial charge in [0.2, 0.25) is 5.91 Å². The minimum Gasteiger partial charge on any atom is -0.330 e. The number of imide groups is 1. The van der Waals surface area contributed by atoms with Gasteiger partial charge in [0.05, 0.1) is 12.2 Å². The van der Waals surface area contributed by atoms with Gasteiger partial charge in [-0.05, 0) is 42.5 Å². The molecule has 0 spiro atoms. The van der Waals surface area contributed by atoms with Crippen LogP contribution in [0.1, 0.15) is 55.2 Å². The van der Waals surface area contributed by atoms with E-state index in [1.807, 2.05) is 55.5 Å². The van der Waals surface area contributed by atoms with Gasteiger partial charge in [0.15, 0.2) is 0 Å². The summed E-state index contributed by atoms with van der Waals surface area (Å²) in [4.78, 5) is 54.9. The molecule has 1 saturated heterocycles. The first-order valence-corrected chi connectivity index (χ1v) is 11.0. The maximum absolute atomic E-state index is 13.2. The summed E-state index contributed by atoms with van der Waals surface area (Å²) in [6.45, 7) is 6.31. The number of carbonyl (C=O) groups excluding carboxylic acids is 4. The highest BCUT2D eigenvalue weighted by atomic mass is 16.7. The van der Waals surface area contributed by atoms with Gasteiger partial charge < -0.3 is 9.74 Å². The van der Waals surface area contributed by atoms with Gasteiger partial charge in [-0.15, -0.1) is 5.06 Å². The second-order valence-corrected chi connectivity index (χ2v) is 7.92. The van der Waals surface area contributed by atoms with Crippen molar-refractivity contribution in [3.63, 3.8) is 0 Å². The molecule has 0 unspecified atom stereocenters. The minimum absolute atomic E-state index is 0.0192. The van der Waals surface area contributed by atoms with Gasteiger partial charge in [-0.3, -0.25) is 14.4 Å². The molecule has 1 aliphatic rings. The number of benzene rings is 2. The Morgan fingerprint density at radius 2 is 1.64 bits per heavy atom. The molecule has 3 amide bonds. The summed E-state index contributed by atoms with van der Waals surface area (Å²) >= 11 is 0. The van der Waals surface area contributed by atoms with E-state index >= 15 is 0 Å². The number of rotatable bonds is 10. The first kappa shape index (κ1) is 23.9. The highest BCUT2D eigenvalue weighted by Gasteiger charge is 2.32. The Hall–Kier alpha value is -3.74. The van der Waals surface area contributed by atoms with Crippen molar-refractivity contribution in [1.29, 1.82) is 0 Å². The maximum Gasteiger partial charge on any atom is 0.333 e. The fourth-order valence-corrected chi connectivity index (χ4v) is 3.66. The molecule has 7 nitrogen and oxygen atoms in total. The van der Waals surface area contributed by atoms with E-state index in [2.05, 4.69) is 6.58 Å². The molecule has 2 aromatic rings. The fourth-order valence-electron chi connectivity index (χ4n) is 3.66. The van der Waals surface area contributed by atoms with Crippen LogP contribution in [0.3, 0.4) is 0 Å². The van der Waals surface area contributed by atoms with Crippen LogP contribution in [0.2, 0.25) is 0 Å². The van der Waals surface area contributed by atoms with Crippen LogP contribution in [0.15, 0.2) is 55.1 Å². The molecule has 1 aliphatic heterocycles. The van der Waals surface area contributed by atoms with Gasteiger partial charge in [0.25, 0.3) is 11.8 Å². The lowest BCUT2D eigenvalue weighted by Gasteiger charge is -2.25. The summed E-state index contributed by atoms with van der Waals surface area (Å²) in [7, 11) is 0. The van der Waals surface area contributed by atoms with Crippen molar-refractivity contribution < 1.29 is 24.0 Å². The van der Waals surface area contributed by atoms with Crippen molar-refractivity contribution >= 4 is 35.5 Å². The molecular weight excluding hydrogens is 420 g/mol. The van der Waals surface area contributed by atoms with Gasteiger partial charge >= 0.3 is 5.97 Å². The largest absolute Gasteiger partial charge is 0.333 e. The van der Waals surface area contributed by atoms with Crippen LogP contribution in [0.25, 0.3) is 6.08 Å². The number of unbranched alkanes of at least 4 members (excludes halogenated alkanes) is 1. The summed E-state index contributed by atoms with van der Waals surface area (Å²) in [6.07, 6.45) is 2.98. The van der Waals surface area contributed by atoms with Crippen molar-refractivity contribution in [2.24, 2.45) is 0 Å². The first-order chi connectivity index (χ1) is 15.9. The summed E-state index contributed by atoms with van der Waals surface area (Å²) in [6, 6.07) is 15.5. The Morgan fingerprint density at radius 1 is 1.00 bits per heavy atom. The van der Waals surface area contributed by atoms with Crippen LogP contribution >= 0.6 is 0 Å². The average molecular weight is 449 g/mol. The summed E-state index contributed by atoms with van der Waals surface area (Å²) in [5.74, 6) is -1.72. The van der Waals surface area contributed by atoms with Crippen LogP contribution in [0.4, 0.5) is 5.69 Å². The van der Waals surface area contributed by atoms with Crippen molar-refractivity contribution in [1.82, 2.24) is 5.06 Å². The molecule has 172 valence electrons. The molecule has 0 N–H and O–H groups in total. The second-order valence-electron chi connectivity index (χ2n) is 7.92. The zero-order chi connectivity index (χ0) is 23.8. The van der Waals surface area contributed by atoms with Gasteiger partial charge in [0.1, 0.15) is 0 Å². The third-order valence-corrected chi connectivity index (χ3v) is 5.56. The maximum atomic E-state index is 13.2. The van der Waals surface area contributed by atoms with Crippen molar-refractivity contribution in [3.8, 4) is 0 Å². The first-order valence-electron chi connectivity index (χ1n) is 11.0. The normalized spacial score (nSPS) is 13.2. The number of nitrogens with zero attached hydrogens (tertiary/aromatic N) is 2. The van der Waals surface area contributed by atoms with E-state index in [0.717, 1.165) is 22.4 Å². The standard InChI is InChI=1S/C26H28N2O5/c1-3-20-11-6-7-13-22(20)27(18-21-12-5-4-10-19(21)2)23(29)14-8-9-15-26(32)33-28-24(30)16-17-25(28)31/h3-7,10-13H,1,8-9,14-18H2,2H3. The molecule has 0 atom stereocenters. The summed E-state index contributed by atoms with van der Waals surface area (Å²) in [5.41, 5.74) is 3.79. The molecule has 0 radical (unpaired) electrons. The van der Waals surface area contributed by atoms with Crippen molar-refractivity contribution in [2.45, 2.75) is 52.0 Å². The van der Waals surface area contributed by atoms with Gasteiger partial charge in [-0.25, -0.2) is 4.79 Å². The monoisotopic (exact) mass is 448 g/mol. The predicted molar refractivity (Wildman–Crippen MR) is 125 cm³/mol. The molecule has 0 aromatic heterocycles. The number of anilines is 1. The number of para-hydroxylation sites is 1. The van der Waals surface area contributed by atoms with Crippen molar-refractivity contribution in [3.05, 3.63) is 71.8 Å². The molecule has 0 saturated carbocycles. The number of hydrogen-bond donors (Lipinski definition) is 0. The topological polar surface area (TPSA) is 84.0 Å². The third kappa shape index (κ3) is 6.16. The lowest BCUT2D eigenvalue weighted by molar-refractivity contribution is -0.197. The lowest BCUT2D eigenvalue weighted by Crippen LogP contribution is -2.32. The molecule has 0 bridgehead atoms. The summed E-state index contributed by atoms with van der Waals surface area (Å²) in [5, 5.41) is 0.545. The number of carbonyl (C=O) groups is 4. The Bertz CT molecular complexity index is 1050. The zero-order valence-electron chi connectivity index (χ0n) is 18.8. The molecule has 2 aromatic carbocycles. The second kappa shape index (κ2) is 11.2. The molecule has 1 fully saturated rings. The smallest absolute Gasteiger partial charge is 0.330 e. The van der Waals surface area contributed by atoms with E-state index < -0.39 is 17.8 Å². The van der Waals surface area contributed by atoms with E-state index in [4.69, 9.17) is 4.84 Å². The number of amides is 3.